The number of hydrogen-bond donors (Lipinski definition) is 0. The number of allylic oxidation sites excluding steroid dienone is 4. The van der Waals surface area contributed by atoms with Crippen LogP contribution in [0.3, 0.4) is 0 Å². The summed E-state index contributed by atoms with van der Waals surface area (Å²) in [7, 11) is 1.96. The van der Waals surface area contributed by atoms with Gasteiger partial charge in [-0.25, -0.2) is 8.91 Å². The minimum absolute atomic E-state index is 0.0356. The molecule has 5 rings (SSSR count). The van der Waals surface area contributed by atoms with Gasteiger partial charge in [0.1, 0.15) is 5.83 Å². The van der Waals surface area contributed by atoms with E-state index in [0.29, 0.717) is 18.3 Å². The summed E-state index contributed by atoms with van der Waals surface area (Å²) in [6.07, 6.45) is 6.28. The number of para-hydroxylation sites is 1. The number of benzene rings is 1. The van der Waals surface area contributed by atoms with Gasteiger partial charge in [-0.1, -0.05) is 36.4 Å². The van der Waals surface area contributed by atoms with Crippen LogP contribution in [0.4, 0.5) is 16.0 Å². The van der Waals surface area contributed by atoms with Crippen LogP contribution in [0, 0.1) is 11.8 Å². The summed E-state index contributed by atoms with van der Waals surface area (Å²) in [5.41, 5.74) is 2.94. The Labute approximate surface area is 151 Å². The largest absolute Gasteiger partial charge is 0.312 e. The van der Waals surface area contributed by atoms with Gasteiger partial charge in [0.15, 0.2) is 5.65 Å². The quantitative estimate of drug-likeness (QED) is 0.648. The monoisotopic (exact) mass is 346 g/mol. The molecule has 0 aliphatic heterocycles. The van der Waals surface area contributed by atoms with Crippen molar-refractivity contribution in [3.8, 4) is 0 Å². The molecule has 0 radical (unpaired) electrons. The molecule has 4 nitrogen and oxygen atoms in total. The Morgan fingerprint density at radius 1 is 1.08 bits per heavy atom. The highest BCUT2D eigenvalue weighted by Gasteiger charge is 2.50. The van der Waals surface area contributed by atoms with E-state index in [9.17, 15) is 4.39 Å². The van der Waals surface area contributed by atoms with Gasteiger partial charge < -0.3 is 4.90 Å². The lowest BCUT2D eigenvalue weighted by molar-refractivity contribution is 0.609. The summed E-state index contributed by atoms with van der Waals surface area (Å²) < 4.78 is 15.7. The molecule has 130 valence electrons. The number of pyridine rings is 1. The minimum Gasteiger partial charge on any atom is -0.312 e. The van der Waals surface area contributed by atoms with Gasteiger partial charge in [0, 0.05) is 30.8 Å². The van der Waals surface area contributed by atoms with Crippen molar-refractivity contribution >= 4 is 17.3 Å². The minimum atomic E-state index is -0.0356. The molecule has 0 saturated heterocycles. The first kappa shape index (κ1) is 15.3. The Balaban J connectivity index is 1.54. The highest BCUT2D eigenvalue weighted by molar-refractivity contribution is 5.58. The smallest absolute Gasteiger partial charge is 0.249 e. The van der Waals surface area contributed by atoms with Crippen molar-refractivity contribution in [2.24, 2.45) is 11.8 Å². The topological polar surface area (TPSA) is 33.4 Å². The predicted octanol–water partition coefficient (Wildman–Crippen LogP) is 4.64. The van der Waals surface area contributed by atoms with E-state index in [1.807, 2.05) is 65.0 Å². The summed E-state index contributed by atoms with van der Waals surface area (Å²) in [4.78, 5) is 6.65. The second-order valence-corrected chi connectivity index (χ2v) is 6.95. The lowest BCUT2D eigenvalue weighted by atomic mass is 10.1. The van der Waals surface area contributed by atoms with Crippen molar-refractivity contribution in [2.75, 3.05) is 11.9 Å². The molecule has 26 heavy (non-hydrogen) atoms. The molecule has 5 heteroatoms. The van der Waals surface area contributed by atoms with Crippen molar-refractivity contribution in [3.05, 3.63) is 78.3 Å². The van der Waals surface area contributed by atoms with Gasteiger partial charge in [-0.2, -0.15) is 4.98 Å². The maximum Gasteiger partial charge on any atom is 0.249 e. The molecule has 0 spiro atoms. The number of anilines is 2. The standard InChI is InChI=1S/C21H19FN4/c1-25(15-8-3-2-4-9-15)21-23-19-12-6-11-18(26(19)24-21)20-16-10-5-7-14(22)13-17(16)20/h2-6,8-13,16-17,20H,7H2,1H3. The molecule has 2 aliphatic carbocycles. The molecular weight excluding hydrogens is 327 g/mol. The Bertz CT molecular complexity index is 1020. The van der Waals surface area contributed by atoms with Crippen molar-refractivity contribution < 1.29 is 4.39 Å². The van der Waals surface area contributed by atoms with Crippen molar-refractivity contribution in [1.82, 2.24) is 14.6 Å². The van der Waals surface area contributed by atoms with E-state index in [-0.39, 0.29) is 17.7 Å². The second-order valence-electron chi connectivity index (χ2n) is 6.95. The molecule has 1 saturated carbocycles. The fraction of sp³-hybridized carbons (Fsp3) is 0.238. The van der Waals surface area contributed by atoms with Gasteiger partial charge in [0.05, 0.1) is 0 Å². The van der Waals surface area contributed by atoms with Crippen molar-refractivity contribution in [1.29, 1.82) is 0 Å². The van der Waals surface area contributed by atoms with Crippen LogP contribution < -0.4 is 4.90 Å². The maximum atomic E-state index is 13.8. The maximum absolute atomic E-state index is 13.8. The van der Waals surface area contributed by atoms with Crippen molar-refractivity contribution in [3.63, 3.8) is 0 Å². The number of halogens is 1. The first-order chi connectivity index (χ1) is 12.7. The molecule has 2 aliphatic rings. The Morgan fingerprint density at radius 2 is 1.92 bits per heavy atom. The molecule has 3 aromatic rings. The number of rotatable bonds is 3. The SMILES string of the molecule is CN(c1ccccc1)c1nc2cccc(C3C4C=CCC(F)=CC43)n2n1. The summed E-state index contributed by atoms with van der Waals surface area (Å²) in [5, 5.41) is 4.74. The molecule has 3 unspecified atom stereocenters. The highest BCUT2D eigenvalue weighted by Crippen LogP contribution is 2.57. The second kappa shape index (κ2) is 5.80. The number of hydrogen-bond acceptors (Lipinski definition) is 3. The van der Waals surface area contributed by atoms with Gasteiger partial charge in [-0.3, -0.25) is 0 Å². The van der Waals surface area contributed by atoms with Crippen molar-refractivity contribution in [2.45, 2.75) is 12.3 Å². The molecule has 0 bridgehead atoms. The highest BCUT2D eigenvalue weighted by atomic mass is 19.1. The molecule has 0 amide bonds. The fourth-order valence-corrected chi connectivity index (χ4v) is 3.91. The number of nitrogens with zero attached hydrogens (tertiary/aromatic N) is 4. The first-order valence-corrected chi connectivity index (χ1v) is 8.90. The van der Waals surface area contributed by atoms with Crippen LogP contribution in [0.5, 0.6) is 0 Å². The molecule has 0 N–H and O–H groups in total. The molecule has 2 aromatic heterocycles. The van der Waals surface area contributed by atoms with Gasteiger partial charge in [0.25, 0.3) is 0 Å². The van der Waals surface area contributed by atoms with E-state index >= 15 is 0 Å². The molecule has 1 fully saturated rings. The van der Waals surface area contributed by atoms with Gasteiger partial charge in [-0.05, 0) is 42.2 Å². The predicted molar refractivity (Wildman–Crippen MR) is 100 cm³/mol. The van der Waals surface area contributed by atoms with Crippen LogP contribution >= 0.6 is 0 Å². The van der Waals surface area contributed by atoms with Gasteiger partial charge in [-0.15, -0.1) is 5.10 Å². The molecule has 2 heterocycles. The fourth-order valence-electron chi connectivity index (χ4n) is 3.91. The van der Waals surface area contributed by atoms with Gasteiger partial charge in [0.2, 0.25) is 5.95 Å². The average molecular weight is 346 g/mol. The van der Waals surface area contributed by atoms with Crippen LogP contribution in [0.15, 0.2) is 72.6 Å². The zero-order valence-corrected chi connectivity index (χ0v) is 14.5. The van der Waals surface area contributed by atoms with E-state index in [2.05, 4.69) is 17.1 Å². The Kier molecular flexibility index (Phi) is 3.42. The van der Waals surface area contributed by atoms with Crippen LogP contribution in [-0.4, -0.2) is 21.6 Å². The zero-order chi connectivity index (χ0) is 17.7. The van der Waals surface area contributed by atoms with E-state index in [1.54, 1.807) is 6.08 Å². The Morgan fingerprint density at radius 3 is 2.77 bits per heavy atom. The normalized spacial score (nSPS) is 24.1. The number of aromatic nitrogens is 3. The Hall–Kier alpha value is -2.95. The molecule has 3 atom stereocenters. The third-order valence-electron chi connectivity index (χ3n) is 5.34. The average Bonchev–Trinajstić information content (AvgIpc) is 3.19. The van der Waals surface area contributed by atoms with Crippen LogP contribution in [0.2, 0.25) is 0 Å². The third-order valence-corrected chi connectivity index (χ3v) is 5.34. The van der Waals surface area contributed by atoms with E-state index in [0.717, 1.165) is 17.0 Å². The summed E-state index contributed by atoms with van der Waals surface area (Å²) in [6.45, 7) is 0. The van der Waals surface area contributed by atoms with Crippen LogP contribution in [0.25, 0.3) is 5.65 Å². The summed E-state index contributed by atoms with van der Waals surface area (Å²) >= 11 is 0. The van der Waals surface area contributed by atoms with Crippen LogP contribution in [0.1, 0.15) is 18.0 Å². The molecular formula is C21H19FN4. The third kappa shape index (κ3) is 2.43. The number of fused-ring (bicyclic) bond motifs is 2. The lowest BCUT2D eigenvalue weighted by Gasteiger charge is -2.14. The zero-order valence-electron chi connectivity index (χ0n) is 14.5. The van der Waals surface area contributed by atoms with E-state index in [4.69, 9.17) is 5.10 Å². The van der Waals surface area contributed by atoms with E-state index < -0.39 is 0 Å². The first-order valence-electron chi connectivity index (χ1n) is 8.90. The van der Waals surface area contributed by atoms with E-state index in [1.165, 1.54) is 0 Å². The lowest BCUT2D eigenvalue weighted by Crippen LogP contribution is -2.11. The summed E-state index contributed by atoms with van der Waals surface area (Å²) in [5.74, 6) is 1.46. The molecule has 1 aromatic carbocycles. The van der Waals surface area contributed by atoms with Gasteiger partial charge >= 0.3 is 0 Å². The van der Waals surface area contributed by atoms with Crippen LogP contribution in [-0.2, 0) is 0 Å². The summed E-state index contributed by atoms with van der Waals surface area (Å²) in [6, 6.07) is 16.1.